The van der Waals surface area contributed by atoms with Gasteiger partial charge in [-0.1, -0.05) is 25.1 Å². The molecule has 1 aromatic heterocycles. The molecule has 1 aromatic carbocycles. The van der Waals surface area contributed by atoms with E-state index in [9.17, 15) is 4.39 Å². The van der Waals surface area contributed by atoms with Crippen molar-refractivity contribution >= 4 is 21.7 Å². The van der Waals surface area contributed by atoms with Gasteiger partial charge in [0.25, 0.3) is 0 Å². The molecule has 0 aliphatic rings. The van der Waals surface area contributed by atoms with E-state index in [-0.39, 0.29) is 5.82 Å². The molecule has 5 heteroatoms. The van der Waals surface area contributed by atoms with Crippen molar-refractivity contribution in [3.63, 3.8) is 0 Å². The Morgan fingerprint density at radius 1 is 1.26 bits per heavy atom. The normalized spacial score (nSPS) is 10.5. The van der Waals surface area contributed by atoms with Gasteiger partial charge in [0, 0.05) is 31.6 Å². The fourth-order valence-electron chi connectivity index (χ4n) is 1.77. The van der Waals surface area contributed by atoms with Crippen molar-refractivity contribution in [2.75, 3.05) is 11.9 Å². The second-order valence-corrected chi connectivity index (χ2v) is 5.08. The molecule has 0 aliphatic carbocycles. The third kappa shape index (κ3) is 3.50. The number of hydrogen-bond acceptors (Lipinski definition) is 3. The highest BCUT2D eigenvalue weighted by molar-refractivity contribution is 9.10. The Kier molecular flexibility index (Phi) is 4.47. The summed E-state index contributed by atoms with van der Waals surface area (Å²) in [7, 11) is 1.89. The van der Waals surface area contributed by atoms with Crippen LogP contribution in [0.5, 0.6) is 0 Å². The van der Waals surface area contributed by atoms with Crippen LogP contribution in [0.1, 0.15) is 18.3 Å². The number of anilines is 1. The van der Waals surface area contributed by atoms with Gasteiger partial charge in [0.1, 0.15) is 22.1 Å². The van der Waals surface area contributed by atoms with Crippen molar-refractivity contribution in [1.82, 2.24) is 9.97 Å². The molecule has 0 radical (unpaired) electrons. The number of benzene rings is 1. The van der Waals surface area contributed by atoms with Gasteiger partial charge in [0.05, 0.1) is 0 Å². The molecule has 19 heavy (non-hydrogen) atoms. The van der Waals surface area contributed by atoms with Crippen LogP contribution in [0.3, 0.4) is 0 Å². The van der Waals surface area contributed by atoms with E-state index in [2.05, 4.69) is 25.9 Å². The van der Waals surface area contributed by atoms with Crippen molar-refractivity contribution in [3.05, 3.63) is 52.1 Å². The van der Waals surface area contributed by atoms with E-state index in [1.165, 1.54) is 6.07 Å². The van der Waals surface area contributed by atoms with Gasteiger partial charge in [0.15, 0.2) is 0 Å². The van der Waals surface area contributed by atoms with Gasteiger partial charge in [-0.3, -0.25) is 0 Å². The van der Waals surface area contributed by atoms with E-state index >= 15 is 0 Å². The Morgan fingerprint density at radius 3 is 2.68 bits per heavy atom. The SMILES string of the molecule is CCc1nc(Br)cc(N(C)Cc2ccccc2F)n1. The Balaban J connectivity index is 2.22. The first-order valence-corrected chi connectivity index (χ1v) is 6.87. The zero-order chi connectivity index (χ0) is 13.8. The number of nitrogens with zero attached hydrogens (tertiary/aromatic N) is 3. The maximum atomic E-state index is 13.6. The summed E-state index contributed by atoms with van der Waals surface area (Å²) in [5.41, 5.74) is 0.651. The summed E-state index contributed by atoms with van der Waals surface area (Å²) in [5, 5.41) is 0. The number of aromatic nitrogens is 2. The maximum absolute atomic E-state index is 13.6. The van der Waals surface area contributed by atoms with E-state index in [4.69, 9.17) is 0 Å². The molecule has 0 N–H and O–H groups in total. The van der Waals surface area contributed by atoms with E-state index in [1.54, 1.807) is 12.1 Å². The Bertz CT molecular complexity index is 574. The fourth-order valence-corrected chi connectivity index (χ4v) is 2.18. The van der Waals surface area contributed by atoms with Crippen LogP contribution in [0.25, 0.3) is 0 Å². The second-order valence-electron chi connectivity index (χ2n) is 4.27. The third-order valence-electron chi connectivity index (χ3n) is 2.80. The zero-order valence-electron chi connectivity index (χ0n) is 10.9. The van der Waals surface area contributed by atoms with Gasteiger partial charge < -0.3 is 4.90 Å². The van der Waals surface area contributed by atoms with Crippen LogP contribution in [0.15, 0.2) is 34.9 Å². The summed E-state index contributed by atoms with van der Waals surface area (Å²) in [4.78, 5) is 10.6. The summed E-state index contributed by atoms with van der Waals surface area (Å²) in [6.45, 7) is 2.47. The Labute approximate surface area is 120 Å². The topological polar surface area (TPSA) is 29.0 Å². The van der Waals surface area contributed by atoms with Gasteiger partial charge >= 0.3 is 0 Å². The molecular formula is C14H15BrFN3. The van der Waals surface area contributed by atoms with Crippen molar-refractivity contribution in [2.45, 2.75) is 19.9 Å². The monoisotopic (exact) mass is 323 g/mol. The molecule has 0 unspecified atom stereocenters. The first kappa shape index (κ1) is 13.9. The quantitative estimate of drug-likeness (QED) is 0.805. The molecule has 2 rings (SSSR count). The van der Waals surface area contributed by atoms with Gasteiger partial charge in [-0.2, -0.15) is 0 Å². The van der Waals surface area contributed by atoms with Crippen LogP contribution in [0.4, 0.5) is 10.2 Å². The lowest BCUT2D eigenvalue weighted by molar-refractivity contribution is 0.607. The summed E-state index contributed by atoms with van der Waals surface area (Å²) in [5.74, 6) is 1.35. The molecule has 0 amide bonds. The number of aryl methyl sites for hydroxylation is 1. The molecule has 0 atom stereocenters. The highest BCUT2D eigenvalue weighted by Crippen LogP contribution is 2.18. The average molecular weight is 324 g/mol. The van der Waals surface area contributed by atoms with Crippen LogP contribution in [0.2, 0.25) is 0 Å². The van der Waals surface area contributed by atoms with Crippen LogP contribution in [-0.4, -0.2) is 17.0 Å². The van der Waals surface area contributed by atoms with Gasteiger partial charge in [-0.15, -0.1) is 0 Å². The lowest BCUT2D eigenvalue weighted by Crippen LogP contribution is -2.19. The molecule has 0 bridgehead atoms. The summed E-state index contributed by atoms with van der Waals surface area (Å²) >= 11 is 3.37. The summed E-state index contributed by atoms with van der Waals surface area (Å²) < 4.78 is 14.4. The van der Waals surface area contributed by atoms with Crippen molar-refractivity contribution in [1.29, 1.82) is 0 Å². The van der Waals surface area contributed by atoms with E-state index in [0.717, 1.165) is 22.7 Å². The lowest BCUT2D eigenvalue weighted by Gasteiger charge is -2.19. The van der Waals surface area contributed by atoms with E-state index in [1.807, 2.05) is 31.0 Å². The van der Waals surface area contributed by atoms with Crippen molar-refractivity contribution in [3.8, 4) is 0 Å². The molecule has 0 aliphatic heterocycles. The smallest absolute Gasteiger partial charge is 0.133 e. The van der Waals surface area contributed by atoms with Gasteiger partial charge in [-0.05, 0) is 22.0 Å². The minimum absolute atomic E-state index is 0.196. The Hall–Kier alpha value is -1.49. The van der Waals surface area contributed by atoms with Gasteiger partial charge in [-0.25, -0.2) is 14.4 Å². The fraction of sp³-hybridized carbons (Fsp3) is 0.286. The molecule has 0 saturated heterocycles. The van der Waals surface area contributed by atoms with E-state index in [0.29, 0.717) is 12.1 Å². The summed E-state index contributed by atoms with van der Waals surface area (Å²) in [6.07, 6.45) is 0.764. The molecule has 100 valence electrons. The minimum atomic E-state index is -0.196. The van der Waals surface area contributed by atoms with Crippen LogP contribution in [-0.2, 0) is 13.0 Å². The van der Waals surface area contributed by atoms with Crippen LogP contribution < -0.4 is 4.90 Å². The largest absolute Gasteiger partial charge is 0.355 e. The lowest BCUT2D eigenvalue weighted by atomic mass is 10.2. The molecule has 0 saturated carbocycles. The zero-order valence-corrected chi connectivity index (χ0v) is 12.5. The number of halogens is 2. The highest BCUT2D eigenvalue weighted by atomic mass is 79.9. The summed E-state index contributed by atoms with van der Waals surface area (Å²) in [6, 6.07) is 8.61. The predicted molar refractivity (Wildman–Crippen MR) is 77.6 cm³/mol. The first-order chi connectivity index (χ1) is 9.10. The third-order valence-corrected chi connectivity index (χ3v) is 3.21. The standard InChI is InChI=1S/C14H15BrFN3/c1-3-13-17-12(15)8-14(18-13)19(2)9-10-6-4-5-7-11(10)16/h4-8H,3,9H2,1-2H3. The molecule has 3 nitrogen and oxygen atoms in total. The molecule has 1 heterocycles. The van der Waals surface area contributed by atoms with Crippen molar-refractivity contribution in [2.24, 2.45) is 0 Å². The first-order valence-electron chi connectivity index (χ1n) is 6.08. The Morgan fingerprint density at radius 2 is 2.00 bits per heavy atom. The molecular weight excluding hydrogens is 309 g/mol. The van der Waals surface area contributed by atoms with Crippen LogP contribution in [0, 0.1) is 5.82 Å². The molecule has 0 fully saturated rings. The van der Waals surface area contributed by atoms with Crippen LogP contribution >= 0.6 is 15.9 Å². The maximum Gasteiger partial charge on any atom is 0.133 e. The highest BCUT2D eigenvalue weighted by Gasteiger charge is 2.09. The van der Waals surface area contributed by atoms with E-state index < -0.39 is 0 Å². The second kappa shape index (κ2) is 6.10. The molecule has 2 aromatic rings. The average Bonchev–Trinajstić information content (AvgIpc) is 2.40. The van der Waals surface area contributed by atoms with Crippen molar-refractivity contribution < 1.29 is 4.39 Å². The van der Waals surface area contributed by atoms with Gasteiger partial charge in [0.2, 0.25) is 0 Å². The number of hydrogen-bond donors (Lipinski definition) is 0. The number of rotatable bonds is 4. The molecule has 0 spiro atoms. The minimum Gasteiger partial charge on any atom is -0.355 e. The predicted octanol–water partition coefficient (Wildman–Crippen LogP) is 3.58.